The topological polar surface area (TPSA) is 58.9 Å². The molecule has 1 aliphatic carbocycles. The van der Waals surface area contributed by atoms with Crippen molar-refractivity contribution in [2.24, 2.45) is 5.73 Å². The van der Waals surface area contributed by atoms with Crippen LogP contribution in [-0.2, 0) is 6.42 Å². The summed E-state index contributed by atoms with van der Waals surface area (Å²) < 4.78 is 0.855. The second-order valence-electron chi connectivity index (χ2n) is 5.35. The van der Waals surface area contributed by atoms with Crippen molar-refractivity contribution >= 4 is 44.3 Å². The van der Waals surface area contributed by atoms with Gasteiger partial charge in [-0.2, -0.15) is 0 Å². The average molecular weight is 356 g/mol. The normalized spacial score (nSPS) is 18.2. The summed E-state index contributed by atoms with van der Waals surface area (Å²) in [5.74, 6) is 0.0774. The van der Waals surface area contributed by atoms with Crippen LogP contribution in [0.5, 0.6) is 0 Å². The van der Waals surface area contributed by atoms with Crippen LogP contribution in [0.4, 0.5) is 0 Å². The van der Waals surface area contributed by atoms with Gasteiger partial charge in [0, 0.05) is 15.6 Å². The number of halogens is 2. The molecular formula is C15H16BrClN2O. The minimum absolute atomic E-state index is 0.448. The predicted octanol–water partition coefficient (Wildman–Crippen LogP) is 4.51. The van der Waals surface area contributed by atoms with Crippen molar-refractivity contribution in [1.82, 2.24) is 4.98 Å². The quantitative estimate of drug-likeness (QED) is 0.818. The molecule has 1 aliphatic rings. The van der Waals surface area contributed by atoms with Crippen LogP contribution >= 0.6 is 27.5 Å². The van der Waals surface area contributed by atoms with E-state index < -0.39 is 5.91 Å². The number of carbonyl (C=O) groups excluding carboxylic acids is 1. The number of rotatable bonds is 2. The number of hydrogen-bond acceptors (Lipinski definition) is 1. The van der Waals surface area contributed by atoms with Gasteiger partial charge in [-0.3, -0.25) is 4.79 Å². The van der Waals surface area contributed by atoms with E-state index in [0.29, 0.717) is 16.5 Å². The molecule has 3 N–H and O–H groups in total. The number of amides is 1. The molecule has 0 radical (unpaired) electrons. The van der Waals surface area contributed by atoms with Gasteiger partial charge >= 0.3 is 0 Å². The highest BCUT2D eigenvalue weighted by Gasteiger charge is 2.26. The standard InChI is InChI=1S/C15H16BrClN2O/c1-2-7-4-3-5-8-11-12(16)10(17)6-9(15(18)20)14(11)19-13(7)8/h6-7,19H,2-5H2,1H3,(H2,18,20). The Morgan fingerprint density at radius 3 is 3.00 bits per heavy atom. The van der Waals surface area contributed by atoms with Gasteiger partial charge in [-0.1, -0.05) is 18.5 Å². The van der Waals surface area contributed by atoms with Gasteiger partial charge in [0.2, 0.25) is 0 Å². The minimum atomic E-state index is -0.448. The molecule has 0 spiro atoms. The molecule has 5 heteroatoms. The van der Waals surface area contributed by atoms with Crippen LogP contribution in [-0.4, -0.2) is 10.9 Å². The Balaban J connectivity index is 2.39. The lowest BCUT2D eigenvalue weighted by atomic mass is 9.85. The highest BCUT2D eigenvalue weighted by atomic mass is 79.9. The number of nitrogens with two attached hydrogens (primary N) is 1. The Morgan fingerprint density at radius 2 is 2.35 bits per heavy atom. The van der Waals surface area contributed by atoms with Crippen molar-refractivity contribution in [3.63, 3.8) is 0 Å². The van der Waals surface area contributed by atoms with Crippen molar-refractivity contribution in [2.75, 3.05) is 0 Å². The molecule has 2 aromatic rings. The van der Waals surface area contributed by atoms with Crippen LogP contribution < -0.4 is 5.73 Å². The molecule has 0 saturated heterocycles. The van der Waals surface area contributed by atoms with Crippen LogP contribution in [0.2, 0.25) is 5.02 Å². The molecule has 3 rings (SSSR count). The Bertz CT molecular complexity index is 708. The molecule has 0 bridgehead atoms. The third kappa shape index (κ3) is 1.97. The number of nitrogens with one attached hydrogen (secondary N) is 1. The lowest BCUT2D eigenvalue weighted by molar-refractivity contribution is 0.100. The summed E-state index contributed by atoms with van der Waals surface area (Å²) in [4.78, 5) is 15.1. The molecule has 0 fully saturated rings. The summed E-state index contributed by atoms with van der Waals surface area (Å²) in [6.07, 6.45) is 4.47. The van der Waals surface area contributed by atoms with Gasteiger partial charge in [0.25, 0.3) is 5.91 Å². The number of hydrogen-bond donors (Lipinski definition) is 2. The average Bonchev–Trinajstić information content (AvgIpc) is 2.81. The highest BCUT2D eigenvalue weighted by Crippen LogP contribution is 2.43. The molecule has 20 heavy (non-hydrogen) atoms. The van der Waals surface area contributed by atoms with E-state index in [1.54, 1.807) is 6.07 Å². The SMILES string of the molecule is CCC1CCCc2c1[nH]c1c(C(N)=O)cc(Cl)c(Br)c21. The predicted molar refractivity (Wildman–Crippen MR) is 85.5 cm³/mol. The summed E-state index contributed by atoms with van der Waals surface area (Å²) in [6, 6.07) is 1.64. The first-order chi connectivity index (χ1) is 9.54. The van der Waals surface area contributed by atoms with E-state index in [2.05, 4.69) is 27.8 Å². The zero-order chi connectivity index (χ0) is 14.4. The first-order valence-corrected chi connectivity index (χ1v) is 8.03. The van der Waals surface area contributed by atoms with E-state index in [0.717, 1.165) is 28.2 Å². The third-order valence-corrected chi connectivity index (χ3v) is 5.60. The number of aromatic nitrogens is 1. The largest absolute Gasteiger partial charge is 0.366 e. The number of aromatic amines is 1. The van der Waals surface area contributed by atoms with Gasteiger partial charge in [-0.25, -0.2) is 0 Å². The molecule has 1 amide bonds. The maximum Gasteiger partial charge on any atom is 0.250 e. The first-order valence-electron chi connectivity index (χ1n) is 6.86. The Kier molecular flexibility index (Phi) is 3.55. The second kappa shape index (κ2) is 5.08. The minimum Gasteiger partial charge on any atom is -0.366 e. The number of primary amides is 1. The molecule has 106 valence electrons. The molecule has 1 atom stereocenters. The van der Waals surface area contributed by atoms with Crippen molar-refractivity contribution in [3.05, 3.63) is 32.4 Å². The highest BCUT2D eigenvalue weighted by molar-refractivity contribution is 9.10. The number of benzene rings is 1. The summed E-state index contributed by atoms with van der Waals surface area (Å²) in [6.45, 7) is 2.20. The molecule has 1 unspecified atom stereocenters. The van der Waals surface area contributed by atoms with Gasteiger partial charge in [-0.15, -0.1) is 0 Å². The van der Waals surface area contributed by atoms with E-state index in [4.69, 9.17) is 17.3 Å². The van der Waals surface area contributed by atoms with Crippen LogP contribution in [0.1, 0.15) is 53.7 Å². The smallest absolute Gasteiger partial charge is 0.250 e. The van der Waals surface area contributed by atoms with Crippen molar-refractivity contribution in [2.45, 2.75) is 38.5 Å². The van der Waals surface area contributed by atoms with Gasteiger partial charge < -0.3 is 10.7 Å². The molecule has 3 nitrogen and oxygen atoms in total. The van der Waals surface area contributed by atoms with E-state index in [1.165, 1.54) is 24.1 Å². The lowest BCUT2D eigenvalue weighted by Gasteiger charge is -2.21. The zero-order valence-electron chi connectivity index (χ0n) is 11.2. The van der Waals surface area contributed by atoms with E-state index in [9.17, 15) is 4.79 Å². The number of H-pyrrole nitrogens is 1. The maximum atomic E-state index is 11.7. The Morgan fingerprint density at radius 1 is 1.60 bits per heavy atom. The molecule has 0 saturated carbocycles. The molecule has 1 aromatic carbocycles. The van der Waals surface area contributed by atoms with Gasteiger partial charge in [-0.05, 0) is 59.2 Å². The van der Waals surface area contributed by atoms with E-state index in [-0.39, 0.29) is 0 Å². The van der Waals surface area contributed by atoms with Crippen LogP contribution in [0.3, 0.4) is 0 Å². The van der Waals surface area contributed by atoms with Gasteiger partial charge in [0.1, 0.15) is 0 Å². The number of aryl methyl sites for hydroxylation is 1. The van der Waals surface area contributed by atoms with Crippen LogP contribution in [0, 0.1) is 0 Å². The molecular weight excluding hydrogens is 340 g/mol. The summed E-state index contributed by atoms with van der Waals surface area (Å²) >= 11 is 9.80. The fourth-order valence-electron chi connectivity index (χ4n) is 3.26. The van der Waals surface area contributed by atoms with Crippen molar-refractivity contribution in [3.8, 4) is 0 Å². The third-order valence-electron chi connectivity index (χ3n) is 4.25. The maximum absolute atomic E-state index is 11.7. The number of fused-ring (bicyclic) bond motifs is 3. The Hall–Kier alpha value is -1.000. The van der Waals surface area contributed by atoms with E-state index in [1.807, 2.05) is 0 Å². The zero-order valence-corrected chi connectivity index (χ0v) is 13.6. The van der Waals surface area contributed by atoms with E-state index >= 15 is 0 Å². The fraction of sp³-hybridized carbons (Fsp3) is 0.400. The van der Waals surface area contributed by atoms with Crippen molar-refractivity contribution in [1.29, 1.82) is 0 Å². The molecule has 0 aliphatic heterocycles. The van der Waals surface area contributed by atoms with Crippen molar-refractivity contribution < 1.29 is 4.79 Å². The molecule has 1 heterocycles. The molecule has 1 aromatic heterocycles. The summed E-state index contributed by atoms with van der Waals surface area (Å²) in [5.41, 5.74) is 9.32. The monoisotopic (exact) mass is 354 g/mol. The first kappa shape index (κ1) is 14.0. The summed E-state index contributed by atoms with van der Waals surface area (Å²) in [5, 5.41) is 1.56. The fourth-order valence-corrected chi connectivity index (χ4v) is 4.02. The Labute approximate surface area is 131 Å². The van der Waals surface area contributed by atoms with Crippen LogP contribution in [0.15, 0.2) is 10.5 Å². The van der Waals surface area contributed by atoms with Gasteiger partial charge in [0.15, 0.2) is 0 Å². The second-order valence-corrected chi connectivity index (χ2v) is 6.55. The number of carbonyl (C=O) groups is 1. The van der Waals surface area contributed by atoms with Gasteiger partial charge in [0.05, 0.1) is 16.1 Å². The summed E-state index contributed by atoms with van der Waals surface area (Å²) in [7, 11) is 0. The lowest BCUT2D eigenvalue weighted by Crippen LogP contribution is -2.11. The van der Waals surface area contributed by atoms with Crippen LogP contribution in [0.25, 0.3) is 10.9 Å².